The molecule has 0 unspecified atom stereocenters. The summed E-state index contributed by atoms with van der Waals surface area (Å²) < 4.78 is 17.7. The van der Waals surface area contributed by atoms with Gasteiger partial charge in [-0.2, -0.15) is 0 Å². The number of hydrogen-bond acceptors (Lipinski definition) is 5. The number of nitrogens with one attached hydrogen (secondary N) is 1. The highest BCUT2D eigenvalue weighted by Gasteiger charge is 2.28. The van der Waals surface area contributed by atoms with Crippen molar-refractivity contribution in [2.24, 2.45) is 0 Å². The standard InChI is InChI=1S/C22H17BrN2O5/c23-15-6-3-4-13-12-17(30-19(13)15)21(26)24-18-14-5-1-2-7-16(14)29-20(18)22(27)25-8-10-28-11-9-25/h1-7,12H,8-11H2,(H,24,26). The third-order valence-electron chi connectivity index (χ3n) is 5.05. The minimum atomic E-state index is -0.458. The Bertz CT molecular complexity index is 1270. The summed E-state index contributed by atoms with van der Waals surface area (Å²) in [6.07, 6.45) is 0. The largest absolute Gasteiger partial charge is 0.450 e. The summed E-state index contributed by atoms with van der Waals surface area (Å²) in [5, 5.41) is 4.28. The number of halogens is 1. The van der Waals surface area contributed by atoms with Gasteiger partial charge in [0.05, 0.1) is 17.7 Å². The number of para-hydroxylation sites is 2. The van der Waals surface area contributed by atoms with Gasteiger partial charge < -0.3 is 23.8 Å². The zero-order chi connectivity index (χ0) is 20.7. The van der Waals surface area contributed by atoms with E-state index in [0.717, 1.165) is 9.86 Å². The van der Waals surface area contributed by atoms with E-state index in [1.165, 1.54) is 0 Å². The topological polar surface area (TPSA) is 84.9 Å². The molecular weight excluding hydrogens is 452 g/mol. The number of carbonyl (C=O) groups is 2. The monoisotopic (exact) mass is 468 g/mol. The van der Waals surface area contributed by atoms with Gasteiger partial charge in [-0.25, -0.2) is 0 Å². The summed E-state index contributed by atoms with van der Waals surface area (Å²) in [4.78, 5) is 27.7. The lowest BCUT2D eigenvalue weighted by Gasteiger charge is -2.26. The predicted octanol–water partition coefficient (Wildman–Crippen LogP) is 4.67. The van der Waals surface area contributed by atoms with Crippen molar-refractivity contribution in [3.8, 4) is 0 Å². The maximum atomic E-state index is 13.1. The quantitative estimate of drug-likeness (QED) is 0.472. The SMILES string of the molecule is O=C(Nc1c(C(=O)N2CCOCC2)oc2ccccc12)c1cc2cccc(Br)c2o1. The molecule has 5 rings (SSSR count). The maximum Gasteiger partial charge on any atom is 0.291 e. The molecule has 3 heterocycles. The molecule has 2 aromatic heterocycles. The first kappa shape index (κ1) is 18.9. The molecule has 0 bridgehead atoms. The van der Waals surface area contributed by atoms with E-state index in [2.05, 4.69) is 21.2 Å². The van der Waals surface area contributed by atoms with E-state index < -0.39 is 5.91 Å². The van der Waals surface area contributed by atoms with Crippen LogP contribution in [-0.2, 0) is 4.74 Å². The number of morpholine rings is 1. The van der Waals surface area contributed by atoms with Crippen LogP contribution in [0.1, 0.15) is 21.1 Å². The van der Waals surface area contributed by atoms with E-state index in [9.17, 15) is 9.59 Å². The molecule has 30 heavy (non-hydrogen) atoms. The molecule has 2 aromatic carbocycles. The highest BCUT2D eigenvalue weighted by molar-refractivity contribution is 9.10. The van der Waals surface area contributed by atoms with Crippen LogP contribution in [0, 0.1) is 0 Å². The Hall–Kier alpha value is -3.10. The lowest BCUT2D eigenvalue weighted by molar-refractivity contribution is 0.0285. The van der Waals surface area contributed by atoms with Crippen LogP contribution in [0.2, 0.25) is 0 Å². The normalized spacial score (nSPS) is 14.4. The Morgan fingerprint density at radius 1 is 1.00 bits per heavy atom. The zero-order valence-corrected chi connectivity index (χ0v) is 17.4. The first-order valence-electron chi connectivity index (χ1n) is 9.50. The molecule has 1 N–H and O–H groups in total. The fourth-order valence-electron chi connectivity index (χ4n) is 3.54. The fraction of sp³-hybridized carbons (Fsp3) is 0.182. The molecule has 8 heteroatoms. The number of nitrogens with zero attached hydrogens (tertiary/aromatic N) is 1. The van der Waals surface area contributed by atoms with Gasteiger partial charge in [-0.1, -0.05) is 24.3 Å². The summed E-state index contributed by atoms with van der Waals surface area (Å²) >= 11 is 3.43. The first-order chi connectivity index (χ1) is 14.6. The highest BCUT2D eigenvalue weighted by Crippen LogP contribution is 2.33. The van der Waals surface area contributed by atoms with Crippen molar-refractivity contribution in [3.05, 3.63) is 64.5 Å². The van der Waals surface area contributed by atoms with Gasteiger partial charge in [-0.05, 0) is 40.2 Å². The predicted molar refractivity (Wildman–Crippen MR) is 115 cm³/mol. The lowest BCUT2D eigenvalue weighted by Crippen LogP contribution is -2.40. The molecule has 1 fully saturated rings. The number of carbonyl (C=O) groups excluding carboxylic acids is 2. The van der Waals surface area contributed by atoms with Gasteiger partial charge >= 0.3 is 0 Å². The molecule has 7 nitrogen and oxygen atoms in total. The summed E-state index contributed by atoms with van der Waals surface area (Å²) in [7, 11) is 0. The van der Waals surface area contributed by atoms with Crippen molar-refractivity contribution < 1.29 is 23.2 Å². The average Bonchev–Trinajstić information content (AvgIpc) is 3.37. The van der Waals surface area contributed by atoms with Crippen LogP contribution in [0.3, 0.4) is 0 Å². The van der Waals surface area contributed by atoms with Gasteiger partial charge in [-0.3, -0.25) is 9.59 Å². The van der Waals surface area contributed by atoms with Crippen LogP contribution in [-0.4, -0.2) is 43.0 Å². The first-order valence-corrected chi connectivity index (χ1v) is 10.3. The van der Waals surface area contributed by atoms with Crippen molar-refractivity contribution in [2.45, 2.75) is 0 Å². The minimum Gasteiger partial charge on any atom is -0.450 e. The average molecular weight is 469 g/mol. The Morgan fingerprint density at radius 2 is 1.80 bits per heavy atom. The minimum absolute atomic E-state index is 0.101. The number of anilines is 1. The van der Waals surface area contributed by atoms with E-state index in [0.29, 0.717) is 48.5 Å². The molecular formula is C22H17BrN2O5. The molecule has 4 aromatic rings. The van der Waals surface area contributed by atoms with Gasteiger partial charge in [-0.15, -0.1) is 0 Å². The molecule has 2 amide bonds. The number of benzene rings is 2. The van der Waals surface area contributed by atoms with Crippen LogP contribution >= 0.6 is 15.9 Å². The third kappa shape index (κ3) is 3.28. The number of hydrogen-bond donors (Lipinski definition) is 1. The molecule has 0 saturated carbocycles. The zero-order valence-electron chi connectivity index (χ0n) is 15.8. The second kappa shape index (κ2) is 7.62. The summed E-state index contributed by atoms with van der Waals surface area (Å²) in [5.41, 5.74) is 1.45. The van der Waals surface area contributed by atoms with Gasteiger partial charge in [0.1, 0.15) is 16.9 Å². The van der Waals surface area contributed by atoms with E-state index in [4.69, 9.17) is 13.6 Å². The highest BCUT2D eigenvalue weighted by atomic mass is 79.9. The van der Waals surface area contributed by atoms with Gasteiger partial charge in [0, 0.05) is 23.9 Å². The van der Waals surface area contributed by atoms with Crippen LogP contribution in [0.15, 0.2) is 61.8 Å². The van der Waals surface area contributed by atoms with Crippen molar-refractivity contribution in [2.75, 3.05) is 31.6 Å². The molecule has 0 atom stereocenters. The second-order valence-electron chi connectivity index (χ2n) is 6.93. The number of amides is 2. The third-order valence-corrected chi connectivity index (χ3v) is 5.67. The van der Waals surface area contributed by atoms with Crippen LogP contribution in [0.25, 0.3) is 21.9 Å². The number of fused-ring (bicyclic) bond motifs is 2. The smallest absolute Gasteiger partial charge is 0.291 e. The Kier molecular flexibility index (Phi) is 4.80. The Labute approximate surface area is 179 Å². The molecule has 0 aliphatic carbocycles. The molecule has 0 radical (unpaired) electrons. The van der Waals surface area contributed by atoms with Gasteiger partial charge in [0.15, 0.2) is 5.76 Å². The van der Waals surface area contributed by atoms with Crippen LogP contribution in [0.4, 0.5) is 5.69 Å². The Balaban J connectivity index is 1.53. The van der Waals surface area contributed by atoms with Crippen LogP contribution in [0.5, 0.6) is 0 Å². The molecule has 1 aliphatic rings. The van der Waals surface area contributed by atoms with E-state index in [-0.39, 0.29) is 17.4 Å². The van der Waals surface area contributed by atoms with Crippen molar-refractivity contribution >= 4 is 55.4 Å². The van der Waals surface area contributed by atoms with Crippen LogP contribution < -0.4 is 5.32 Å². The summed E-state index contributed by atoms with van der Waals surface area (Å²) in [6, 6.07) is 14.5. The lowest BCUT2D eigenvalue weighted by atomic mass is 10.2. The van der Waals surface area contributed by atoms with Gasteiger partial charge in [0.25, 0.3) is 11.8 Å². The van der Waals surface area contributed by atoms with E-state index >= 15 is 0 Å². The molecule has 1 saturated heterocycles. The summed E-state index contributed by atoms with van der Waals surface area (Å²) in [5.74, 6) is -0.492. The van der Waals surface area contributed by atoms with E-state index in [1.54, 1.807) is 23.1 Å². The van der Waals surface area contributed by atoms with E-state index in [1.807, 2.05) is 30.3 Å². The number of ether oxygens (including phenoxy) is 1. The Morgan fingerprint density at radius 3 is 2.60 bits per heavy atom. The maximum absolute atomic E-state index is 13.1. The second-order valence-corrected chi connectivity index (χ2v) is 7.78. The van der Waals surface area contributed by atoms with Crippen molar-refractivity contribution in [3.63, 3.8) is 0 Å². The summed E-state index contributed by atoms with van der Waals surface area (Å²) in [6.45, 7) is 1.89. The molecule has 1 aliphatic heterocycles. The molecule has 152 valence electrons. The number of rotatable bonds is 3. The van der Waals surface area contributed by atoms with Crippen molar-refractivity contribution in [1.82, 2.24) is 4.90 Å². The molecule has 0 spiro atoms. The number of furan rings is 2. The van der Waals surface area contributed by atoms with Gasteiger partial charge in [0.2, 0.25) is 5.76 Å². The fourth-order valence-corrected chi connectivity index (χ4v) is 4.01. The van der Waals surface area contributed by atoms with Crippen molar-refractivity contribution in [1.29, 1.82) is 0 Å².